The van der Waals surface area contributed by atoms with Gasteiger partial charge < -0.3 is 15.2 Å². The Hall–Kier alpha value is -1.66. The smallest absolute Gasteiger partial charge is 0.255 e. The molecule has 1 unspecified atom stereocenters. The number of pyridine rings is 1. The Morgan fingerprint density at radius 3 is 3.11 bits per heavy atom. The van der Waals surface area contributed by atoms with Crippen molar-refractivity contribution < 1.29 is 4.79 Å². The molecule has 1 aliphatic heterocycles. The van der Waals surface area contributed by atoms with Crippen molar-refractivity contribution in [2.45, 2.75) is 18.9 Å². The molecule has 1 amide bonds. The van der Waals surface area contributed by atoms with Crippen molar-refractivity contribution in [3.63, 3.8) is 0 Å². The Labute approximate surface area is 113 Å². The van der Waals surface area contributed by atoms with Crippen molar-refractivity contribution in [1.82, 2.24) is 14.8 Å². The maximum Gasteiger partial charge on any atom is 0.255 e. The van der Waals surface area contributed by atoms with E-state index in [9.17, 15) is 4.79 Å². The van der Waals surface area contributed by atoms with Crippen LogP contribution in [0.4, 0.5) is 5.69 Å². The molecule has 2 heterocycles. The Bertz CT molecular complexity index is 450. The van der Waals surface area contributed by atoms with E-state index >= 15 is 0 Å². The Kier molecular flexibility index (Phi) is 4.34. The summed E-state index contributed by atoms with van der Waals surface area (Å²) in [6, 6.07) is 2.14. The maximum absolute atomic E-state index is 12.4. The van der Waals surface area contributed by atoms with Crippen molar-refractivity contribution in [1.29, 1.82) is 0 Å². The van der Waals surface area contributed by atoms with Gasteiger partial charge >= 0.3 is 0 Å². The number of nitrogens with two attached hydrogens (primary N) is 1. The zero-order valence-electron chi connectivity index (χ0n) is 11.5. The molecule has 0 saturated carbocycles. The van der Waals surface area contributed by atoms with Gasteiger partial charge in [-0.25, -0.2) is 0 Å². The quantitative estimate of drug-likeness (QED) is 0.612. The normalized spacial score (nSPS) is 19.4. The number of anilines is 1. The van der Waals surface area contributed by atoms with Crippen molar-refractivity contribution in [3.8, 4) is 0 Å². The lowest BCUT2D eigenvalue weighted by atomic mass is 10.1. The largest absolute Gasteiger partial charge is 0.340 e. The van der Waals surface area contributed by atoms with Crippen molar-refractivity contribution in [3.05, 3.63) is 24.0 Å². The average molecular weight is 263 g/mol. The molecule has 0 radical (unpaired) electrons. The molecule has 1 aromatic rings. The van der Waals surface area contributed by atoms with Gasteiger partial charge in [-0.2, -0.15) is 0 Å². The van der Waals surface area contributed by atoms with Crippen LogP contribution in [0, 0.1) is 0 Å². The summed E-state index contributed by atoms with van der Waals surface area (Å²) in [5, 5.41) is 0. The predicted molar refractivity (Wildman–Crippen MR) is 74.7 cm³/mol. The van der Waals surface area contributed by atoms with Crippen molar-refractivity contribution >= 4 is 11.6 Å². The van der Waals surface area contributed by atoms with Crippen molar-refractivity contribution in [2.75, 3.05) is 32.6 Å². The van der Waals surface area contributed by atoms with Gasteiger partial charge in [-0.15, -0.1) is 0 Å². The second kappa shape index (κ2) is 5.99. The van der Waals surface area contributed by atoms with Crippen LogP contribution in [-0.2, 0) is 0 Å². The van der Waals surface area contributed by atoms with Crippen LogP contribution < -0.4 is 11.3 Å². The summed E-state index contributed by atoms with van der Waals surface area (Å²) < 4.78 is 0. The SMILES string of the molecule is CN(CC1CCCN1C)C(=O)c1ccncc1NN. The molecule has 3 N–H and O–H groups in total. The first-order valence-corrected chi connectivity index (χ1v) is 6.50. The number of nitrogen functional groups attached to an aromatic ring is 1. The van der Waals surface area contributed by atoms with Crippen LogP contribution in [0.15, 0.2) is 18.5 Å². The second-order valence-electron chi connectivity index (χ2n) is 5.03. The highest BCUT2D eigenvalue weighted by Crippen LogP contribution is 2.18. The number of amides is 1. The minimum Gasteiger partial charge on any atom is -0.340 e. The topological polar surface area (TPSA) is 74.5 Å². The van der Waals surface area contributed by atoms with Crippen LogP contribution in [-0.4, -0.2) is 53.9 Å². The van der Waals surface area contributed by atoms with E-state index in [2.05, 4.69) is 22.4 Å². The van der Waals surface area contributed by atoms with Crippen LogP contribution >= 0.6 is 0 Å². The van der Waals surface area contributed by atoms with Crippen LogP contribution in [0.2, 0.25) is 0 Å². The van der Waals surface area contributed by atoms with E-state index in [1.54, 1.807) is 23.4 Å². The van der Waals surface area contributed by atoms with Crippen LogP contribution in [0.5, 0.6) is 0 Å². The number of likely N-dealkylation sites (tertiary alicyclic amines) is 1. The summed E-state index contributed by atoms with van der Waals surface area (Å²) in [5.74, 6) is 5.37. The zero-order chi connectivity index (χ0) is 13.8. The first kappa shape index (κ1) is 13.8. The molecule has 0 aromatic carbocycles. The van der Waals surface area contributed by atoms with Gasteiger partial charge in [0.05, 0.1) is 17.4 Å². The highest BCUT2D eigenvalue weighted by atomic mass is 16.2. The number of carbonyl (C=O) groups is 1. The molecule has 0 bridgehead atoms. The monoisotopic (exact) mass is 263 g/mol. The number of hydrogen-bond donors (Lipinski definition) is 2. The minimum absolute atomic E-state index is 0.0318. The lowest BCUT2D eigenvalue weighted by molar-refractivity contribution is 0.0762. The molecule has 0 spiro atoms. The van der Waals surface area contributed by atoms with Crippen LogP contribution in [0.1, 0.15) is 23.2 Å². The molecule has 104 valence electrons. The van der Waals surface area contributed by atoms with Crippen molar-refractivity contribution in [2.24, 2.45) is 5.84 Å². The van der Waals surface area contributed by atoms with Gasteiger partial charge in [0.25, 0.3) is 5.91 Å². The molecule has 0 aliphatic carbocycles. The third-order valence-corrected chi connectivity index (χ3v) is 3.71. The molecule has 1 saturated heterocycles. The van der Waals surface area contributed by atoms with E-state index in [4.69, 9.17) is 5.84 Å². The number of nitrogens with one attached hydrogen (secondary N) is 1. The molecular weight excluding hydrogens is 242 g/mol. The fourth-order valence-electron chi connectivity index (χ4n) is 2.51. The van der Waals surface area contributed by atoms with E-state index in [1.165, 1.54) is 6.42 Å². The Balaban J connectivity index is 2.06. The molecule has 6 nitrogen and oxygen atoms in total. The summed E-state index contributed by atoms with van der Waals surface area (Å²) >= 11 is 0. The molecule has 1 atom stereocenters. The highest BCUT2D eigenvalue weighted by Gasteiger charge is 2.25. The first-order chi connectivity index (χ1) is 9.13. The number of hydrazine groups is 1. The molecule has 6 heteroatoms. The number of rotatable bonds is 4. The Morgan fingerprint density at radius 1 is 1.68 bits per heavy atom. The molecule has 1 aliphatic rings. The van der Waals surface area contributed by atoms with E-state index in [1.807, 2.05) is 7.05 Å². The summed E-state index contributed by atoms with van der Waals surface area (Å²) in [6.07, 6.45) is 5.51. The average Bonchev–Trinajstić information content (AvgIpc) is 2.83. The highest BCUT2D eigenvalue weighted by molar-refractivity contribution is 5.99. The van der Waals surface area contributed by atoms with Crippen LogP contribution in [0.3, 0.4) is 0 Å². The first-order valence-electron chi connectivity index (χ1n) is 6.50. The molecule has 2 rings (SSSR count). The lowest BCUT2D eigenvalue weighted by Crippen LogP contribution is -2.39. The minimum atomic E-state index is -0.0318. The molecule has 19 heavy (non-hydrogen) atoms. The van der Waals surface area contributed by atoms with E-state index < -0.39 is 0 Å². The Morgan fingerprint density at radius 2 is 2.47 bits per heavy atom. The third kappa shape index (κ3) is 3.02. The number of carbonyl (C=O) groups excluding carboxylic acids is 1. The van der Waals surface area contributed by atoms with Gasteiger partial charge in [0, 0.05) is 25.8 Å². The van der Waals surface area contributed by atoms with Gasteiger partial charge in [0.15, 0.2) is 0 Å². The summed E-state index contributed by atoms with van der Waals surface area (Å²) in [5.41, 5.74) is 3.62. The summed E-state index contributed by atoms with van der Waals surface area (Å²) in [7, 11) is 3.94. The number of aromatic nitrogens is 1. The van der Waals surface area contributed by atoms with E-state index in [0.29, 0.717) is 17.3 Å². The number of nitrogens with zero attached hydrogens (tertiary/aromatic N) is 3. The maximum atomic E-state index is 12.4. The standard InChI is InChI=1S/C13H21N5O/c1-17-7-3-4-10(17)9-18(2)13(19)11-5-6-15-8-12(11)16-14/h5-6,8,10,16H,3-4,7,9,14H2,1-2H3. The lowest BCUT2D eigenvalue weighted by Gasteiger charge is -2.26. The predicted octanol–water partition coefficient (Wildman–Crippen LogP) is 0.533. The van der Waals surface area contributed by atoms with Gasteiger partial charge in [-0.05, 0) is 32.5 Å². The fourth-order valence-corrected chi connectivity index (χ4v) is 2.51. The molecule has 1 fully saturated rings. The summed E-state index contributed by atoms with van der Waals surface area (Å²) in [6.45, 7) is 1.85. The summed E-state index contributed by atoms with van der Waals surface area (Å²) in [4.78, 5) is 20.4. The van der Waals surface area contributed by atoms with Gasteiger partial charge in [0.1, 0.15) is 0 Å². The van der Waals surface area contributed by atoms with E-state index in [-0.39, 0.29) is 5.91 Å². The number of hydrogen-bond acceptors (Lipinski definition) is 5. The molecule has 1 aromatic heterocycles. The van der Waals surface area contributed by atoms with Gasteiger partial charge in [0.2, 0.25) is 0 Å². The molecular formula is C13H21N5O. The number of likely N-dealkylation sites (N-methyl/N-ethyl adjacent to an activating group) is 2. The van der Waals surface area contributed by atoms with E-state index in [0.717, 1.165) is 19.5 Å². The van der Waals surface area contributed by atoms with Crippen LogP contribution in [0.25, 0.3) is 0 Å². The zero-order valence-corrected chi connectivity index (χ0v) is 11.5. The third-order valence-electron chi connectivity index (χ3n) is 3.71. The fraction of sp³-hybridized carbons (Fsp3) is 0.538. The van der Waals surface area contributed by atoms with Gasteiger partial charge in [-0.1, -0.05) is 0 Å². The van der Waals surface area contributed by atoms with Gasteiger partial charge in [-0.3, -0.25) is 15.6 Å². The second-order valence-corrected chi connectivity index (χ2v) is 5.03.